The number of rotatable bonds is 6. The number of hydrogen-bond donors (Lipinski definition) is 0. The van der Waals surface area contributed by atoms with Gasteiger partial charge in [0.05, 0.1) is 17.6 Å². The largest absolute Gasteiger partial charge is 0.334 e. The summed E-state index contributed by atoms with van der Waals surface area (Å²) in [4.78, 5) is 21.4. The monoisotopic (exact) mass is 460 g/mol. The number of aryl methyl sites for hydroxylation is 3. The molecule has 0 fully saturated rings. The highest BCUT2D eigenvalue weighted by molar-refractivity contribution is 6.14. The number of aromatic nitrogens is 4. The molecule has 3 aromatic heterocycles. The van der Waals surface area contributed by atoms with E-state index in [0.717, 1.165) is 51.5 Å². The van der Waals surface area contributed by atoms with Gasteiger partial charge in [0.25, 0.3) is 0 Å². The van der Waals surface area contributed by atoms with E-state index in [2.05, 4.69) is 58.2 Å². The maximum absolute atomic E-state index is 5.13. The van der Waals surface area contributed by atoms with E-state index in [9.17, 15) is 0 Å². The van der Waals surface area contributed by atoms with E-state index in [1.807, 2.05) is 74.5 Å². The molecule has 2 aromatic carbocycles. The highest BCUT2D eigenvalue weighted by Crippen LogP contribution is 2.33. The molecule has 35 heavy (non-hydrogen) atoms. The minimum Gasteiger partial charge on any atom is -0.334 e. The van der Waals surface area contributed by atoms with Crippen molar-refractivity contribution in [3.8, 4) is 0 Å². The van der Waals surface area contributed by atoms with Crippen LogP contribution >= 0.6 is 0 Å². The molecule has 5 aromatic rings. The second-order valence-corrected chi connectivity index (χ2v) is 8.59. The Kier molecular flexibility index (Phi) is 6.10. The van der Waals surface area contributed by atoms with Crippen LogP contribution in [0.15, 0.2) is 90.3 Å². The lowest BCUT2D eigenvalue weighted by molar-refractivity contribution is 0.946. The Morgan fingerprint density at radius 2 is 1.60 bits per heavy atom. The summed E-state index contributed by atoms with van der Waals surface area (Å²) in [5.74, 6) is 1.40. The molecule has 0 spiro atoms. The van der Waals surface area contributed by atoms with Gasteiger partial charge in [0.15, 0.2) is 5.82 Å². The van der Waals surface area contributed by atoms with E-state index < -0.39 is 0 Å². The fourth-order valence-corrected chi connectivity index (χ4v) is 4.22. The minimum atomic E-state index is 0.594. The van der Waals surface area contributed by atoms with Gasteiger partial charge in [-0.25, -0.2) is 15.0 Å². The number of nitrogens with zero attached hydrogens (tertiary/aromatic N) is 6. The van der Waals surface area contributed by atoms with Crippen molar-refractivity contribution in [1.82, 2.24) is 19.5 Å². The zero-order valence-electron chi connectivity index (χ0n) is 20.5. The summed E-state index contributed by atoms with van der Waals surface area (Å²) in [6.45, 7) is 4.15. The van der Waals surface area contributed by atoms with Crippen molar-refractivity contribution in [2.75, 3.05) is 11.9 Å². The van der Waals surface area contributed by atoms with Gasteiger partial charge in [-0.05, 0) is 25.0 Å². The Labute approximate surface area is 205 Å². The van der Waals surface area contributed by atoms with Crippen molar-refractivity contribution in [3.63, 3.8) is 0 Å². The van der Waals surface area contributed by atoms with Gasteiger partial charge in [-0.2, -0.15) is 0 Å². The van der Waals surface area contributed by atoms with Gasteiger partial charge in [0.1, 0.15) is 11.3 Å². The Morgan fingerprint density at radius 1 is 0.943 bits per heavy atom. The standard InChI is InChI=1S/C29H28N6/c1-5-21-18-30-20(2)16-24(21)35(4)26-17-25-28(31-19-34(25)3)29(32-26)33-27(22-12-8-6-9-13-22)23-14-10-7-11-15-23/h6-19H,5H2,1-4H3. The SMILES string of the molecule is CCc1cnc(C)cc1N(C)c1cc2c(ncn2C)c(N=C(c2ccccc2)c2ccccc2)n1. The van der Waals surface area contributed by atoms with Crippen LogP contribution in [0.3, 0.4) is 0 Å². The van der Waals surface area contributed by atoms with Crippen molar-refractivity contribution in [2.24, 2.45) is 12.0 Å². The maximum Gasteiger partial charge on any atom is 0.183 e. The first kappa shape index (κ1) is 22.5. The van der Waals surface area contributed by atoms with Gasteiger partial charge in [0.2, 0.25) is 0 Å². The topological polar surface area (TPSA) is 59.2 Å². The minimum absolute atomic E-state index is 0.594. The first-order chi connectivity index (χ1) is 17.0. The normalized spacial score (nSPS) is 11.0. The average molecular weight is 461 g/mol. The number of aliphatic imine (C=N–C) groups is 1. The van der Waals surface area contributed by atoms with E-state index in [-0.39, 0.29) is 0 Å². The van der Waals surface area contributed by atoms with Gasteiger partial charge in [0, 0.05) is 48.9 Å². The second kappa shape index (κ2) is 9.50. The number of fused-ring (bicyclic) bond motifs is 1. The van der Waals surface area contributed by atoms with Crippen molar-refractivity contribution in [1.29, 1.82) is 0 Å². The van der Waals surface area contributed by atoms with E-state index in [1.165, 1.54) is 5.56 Å². The van der Waals surface area contributed by atoms with E-state index >= 15 is 0 Å². The molecule has 0 saturated heterocycles. The van der Waals surface area contributed by atoms with E-state index in [0.29, 0.717) is 5.82 Å². The molecule has 0 radical (unpaired) electrons. The Balaban J connectivity index is 1.72. The predicted molar refractivity (Wildman–Crippen MR) is 143 cm³/mol. The number of anilines is 2. The fourth-order valence-electron chi connectivity index (χ4n) is 4.22. The summed E-state index contributed by atoms with van der Waals surface area (Å²) >= 11 is 0. The third-order valence-electron chi connectivity index (χ3n) is 6.18. The van der Waals surface area contributed by atoms with Crippen LogP contribution < -0.4 is 4.90 Å². The molecule has 5 rings (SSSR count). The van der Waals surface area contributed by atoms with Gasteiger partial charge in [-0.3, -0.25) is 4.98 Å². The summed E-state index contributed by atoms with van der Waals surface area (Å²) in [5, 5.41) is 0. The second-order valence-electron chi connectivity index (χ2n) is 8.59. The van der Waals surface area contributed by atoms with Gasteiger partial charge < -0.3 is 9.47 Å². The van der Waals surface area contributed by atoms with Crippen molar-refractivity contribution >= 4 is 34.1 Å². The molecule has 0 aliphatic carbocycles. The first-order valence-corrected chi connectivity index (χ1v) is 11.8. The third-order valence-corrected chi connectivity index (χ3v) is 6.18. The Morgan fingerprint density at radius 3 is 2.23 bits per heavy atom. The average Bonchev–Trinajstić information content (AvgIpc) is 3.28. The van der Waals surface area contributed by atoms with Gasteiger partial charge in [-0.1, -0.05) is 67.6 Å². The van der Waals surface area contributed by atoms with Crippen LogP contribution in [0.2, 0.25) is 0 Å². The molecule has 3 heterocycles. The van der Waals surface area contributed by atoms with Crippen LogP contribution in [-0.2, 0) is 13.5 Å². The zero-order valence-corrected chi connectivity index (χ0v) is 20.5. The van der Waals surface area contributed by atoms with Crippen LogP contribution in [0.1, 0.15) is 29.3 Å². The molecule has 0 atom stereocenters. The molecule has 6 heteroatoms. The molecular formula is C29H28N6. The highest BCUT2D eigenvalue weighted by atomic mass is 15.2. The van der Waals surface area contributed by atoms with E-state index in [4.69, 9.17) is 9.98 Å². The van der Waals surface area contributed by atoms with E-state index in [1.54, 1.807) is 0 Å². The van der Waals surface area contributed by atoms with Crippen molar-refractivity contribution < 1.29 is 0 Å². The Bertz CT molecular complexity index is 1460. The van der Waals surface area contributed by atoms with Crippen molar-refractivity contribution in [3.05, 3.63) is 108 Å². The quantitative estimate of drug-likeness (QED) is 0.284. The molecule has 0 amide bonds. The molecular weight excluding hydrogens is 432 g/mol. The van der Waals surface area contributed by atoms with Crippen LogP contribution in [-0.4, -0.2) is 32.3 Å². The lowest BCUT2D eigenvalue weighted by Crippen LogP contribution is -2.14. The molecule has 174 valence electrons. The number of pyridine rings is 2. The van der Waals surface area contributed by atoms with Crippen LogP contribution in [0.25, 0.3) is 11.0 Å². The lowest BCUT2D eigenvalue weighted by atomic mass is 10.0. The smallest absolute Gasteiger partial charge is 0.183 e. The maximum atomic E-state index is 5.13. The van der Waals surface area contributed by atoms with Crippen LogP contribution in [0.5, 0.6) is 0 Å². The highest BCUT2D eigenvalue weighted by Gasteiger charge is 2.17. The third kappa shape index (κ3) is 4.43. The molecule has 0 aliphatic heterocycles. The summed E-state index contributed by atoms with van der Waals surface area (Å²) in [6.07, 6.45) is 4.65. The summed E-state index contributed by atoms with van der Waals surface area (Å²) < 4.78 is 2.01. The summed E-state index contributed by atoms with van der Waals surface area (Å²) in [6, 6.07) is 24.6. The van der Waals surface area contributed by atoms with Crippen LogP contribution in [0, 0.1) is 6.92 Å². The molecule has 6 nitrogen and oxygen atoms in total. The van der Waals surface area contributed by atoms with Crippen molar-refractivity contribution in [2.45, 2.75) is 20.3 Å². The zero-order chi connectivity index (χ0) is 24.4. The molecule has 0 saturated carbocycles. The predicted octanol–water partition coefficient (Wildman–Crippen LogP) is 6.17. The summed E-state index contributed by atoms with van der Waals surface area (Å²) in [7, 11) is 4.04. The van der Waals surface area contributed by atoms with Gasteiger partial charge in [-0.15, -0.1) is 0 Å². The van der Waals surface area contributed by atoms with Gasteiger partial charge >= 0.3 is 0 Å². The molecule has 0 aliphatic rings. The Hall–Kier alpha value is -4.32. The molecule has 0 N–H and O–H groups in total. The molecule has 0 bridgehead atoms. The number of benzene rings is 2. The fraction of sp³-hybridized carbons (Fsp3) is 0.172. The van der Waals surface area contributed by atoms with Crippen LogP contribution in [0.4, 0.5) is 17.3 Å². The number of hydrogen-bond acceptors (Lipinski definition) is 5. The summed E-state index contributed by atoms with van der Waals surface area (Å²) in [5.41, 5.74) is 7.90. The lowest BCUT2D eigenvalue weighted by Gasteiger charge is -2.22. The number of imidazole rings is 1. The first-order valence-electron chi connectivity index (χ1n) is 11.8. The molecule has 0 unspecified atom stereocenters.